The number of aliphatic carboxylic acids is 1. The van der Waals surface area contributed by atoms with Crippen molar-refractivity contribution in [1.29, 1.82) is 0 Å². The average Bonchev–Trinajstić information content (AvgIpc) is 2.43. The van der Waals surface area contributed by atoms with E-state index in [0.717, 1.165) is 25.7 Å². The van der Waals surface area contributed by atoms with E-state index < -0.39 is 5.97 Å². The second-order valence-corrected chi connectivity index (χ2v) is 6.15. The first-order chi connectivity index (χ1) is 9.72. The average molecular weight is 496 g/mol. The fourth-order valence-electron chi connectivity index (χ4n) is 2.73. The summed E-state index contributed by atoms with van der Waals surface area (Å²) in [5, 5.41) is 9.25. The Hall–Kier alpha value is 0.353. The van der Waals surface area contributed by atoms with Crippen molar-refractivity contribution >= 4 is 32.2 Å². The van der Waals surface area contributed by atoms with Crippen LogP contribution in [0.2, 0.25) is 0 Å². The molecule has 1 N–H and O–H groups in total. The van der Waals surface area contributed by atoms with Gasteiger partial charge in [-0.15, -0.1) is 0 Å². The van der Waals surface area contributed by atoms with Gasteiger partial charge >= 0.3 is 32.2 Å². The molecule has 0 saturated carbocycles. The van der Waals surface area contributed by atoms with Crippen molar-refractivity contribution < 1.29 is 9.90 Å². The van der Waals surface area contributed by atoms with E-state index in [4.69, 9.17) is 0 Å². The van der Waals surface area contributed by atoms with Crippen molar-refractivity contribution in [3.05, 3.63) is 0 Å². The predicted octanol–water partition coefficient (Wildman–Crippen LogP) is 5.00. The molecule has 128 valence electrons. The minimum atomic E-state index is -0.577. The van der Waals surface area contributed by atoms with E-state index in [0.29, 0.717) is 0 Å². The van der Waals surface area contributed by atoms with Gasteiger partial charge in [0.25, 0.3) is 0 Å². The van der Waals surface area contributed by atoms with Crippen molar-refractivity contribution in [1.82, 2.24) is 0 Å². The van der Waals surface area contributed by atoms with Crippen molar-refractivity contribution in [2.45, 2.75) is 104 Å². The van der Waals surface area contributed by atoms with Gasteiger partial charge in [0, 0.05) is 0 Å². The third-order valence-corrected chi connectivity index (χ3v) is 4.16. The Morgan fingerprint density at radius 2 is 1.05 bits per heavy atom. The van der Waals surface area contributed by atoms with Crippen LogP contribution in [0, 0.1) is 5.92 Å². The van der Waals surface area contributed by atoms with Gasteiger partial charge in [0.15, 0.2) is 0 Å². The monoisotopic (exact) mass is 496 g/mol. The molecule has 0 aliphatic rings. The molecule has 21 heavy (non-hydrogen) atoms. The van der Waals surface area contributed by atoms with Crippen molar-refractivity contribution in [3.8, 4) is 0 Å². The second kappa shape index (κ2) is 18.4. The molecule has 2 nitrogen and oxygen atoms in total. The number of carbonyl (C=O) groups is 1. The van der Waals surface area contributed by atoms with Crippen LogP contribution in [0.3, 0.4) is 0 Å². The summed E-state index contributed by atoms with van der Waals surface area (Å²) in [4.78, 5) is 11.2. The number of carboxylic acids is 1. The van der Waals surface area contributed by atoms with E-state index in [-0.39, 0.29) is 32.1 Å². The van der Waals surface area contributed by atoms with Crippen LogP contribution in [0.15, 0.2) is 0 Å². The fraction of sp³-hybridized carbons (Fsp3) is 0.944. The van der Waals surface area contributed by atoms with Gasteiger partial charge in [0.1, 0.15) is 0 Å². The Kier molecular flexibility index (Phi) is 20.7. The zero-order valence-corrected chi connectivity index (χ0v) is 20.0. The SMILES string of the molecule is CCCCCCCCC(CCCCCCCC)C(=O)O.[BiH3]. The molecule has 0 atom stereocenters. The summed E-state index contributed by atoms with van der Waals surface area (Å²) in [6.45, 7) is 4.45. The van der Waals surface area contributed by atoms with Gasteiger partial charge in [0.2, 0.25) is 0 Å². The van der Waals surface area contributed by atoms with Gasteiger partial charge in [-0.05, 0) is 12.8 Å². The summed E-state index contributed by atoms with van der Waals surface area (Å²) in [7, 11) is 0. The molecule has 0 aromatic rings. The zero-order valence-electron chi connectivity index (χ0n) is 14.5. The maximum absolute atomic E-state index is 11.2. The molecule has 0 bridgehead atoms. The summed E-state index contributed by atoms with van der Waals surface area (Å²) in [5.74, 6) is -0.667. The molecule has 0 unspecified atom stereocenters. The summed E-state index contributed by atoms with van der Waals surface area (Å²) in [6, 6.07) is 0. The van der Waals surface area contributed by atoms with Crippen molar-refractivity contribution in [2.24, 2.45) is 5.92 Å². The van der Waals surface area contributed by atoms with E-state index in [9.17, 15) is 9.90 Å². The molecule has 0 fully saturated rings. The van der Waals surface area contributed by atoms with E-state index in [1.165, 1.54) is 64.2 Å². The Morgan fingerprint density at radius 3 is 1.38 bits per heavy atom. The van der Waals surface area contributed by atoms with Gasteiger partial charge in [-0.2, -0.15) is 0 Å². The Morgan fingerprint density at radius 1 is 0.714 bits per heavy atom. The molecule has 0 amide bonds. The number of hydrogen-bond donors (Lipinski definition) is 1. The topological polar surface area (TPSA) is 37.3 Å². The summed E-state index contributed by atoms with van der Waals surface area (Å²) >= 11 is 0. The molecular weight excluding hydrogens is 457 g/mol. The van der Waals surface area contributed by atoms with Crippen LogP contribution in [0.4, 0.5) is 0 Å². The zero-order chi connectivity index (χ0) is 15.1. The molecule has 0 aromatic carbocycles. The maximum atomic E-state index is 11.2. The van der Waals surface area contributed by atoms with Crippen molar-refractivity contribution in [2.75, 3.05) is 0 Å². The predicted molar refractivity (Wildman–Crippen MR) is 97.1 cm³/mol. The third kappa shape index (κ3) is 16.5. The van der Waals surface area contributed by atoms with Crippen LogP contribution < -0.4 is 0 Å². The van der Waals surface area contributed by atoms with Gasteiger partial charge in [-0.1, -0.05) is 90.9 Å². The van der Waals surface area contributed by atoms with Gasteiger partial charge < -0.3 is 5.11 Å². The molecule has 0 aromatic heterocycles. The molecular formula is C18H39BiO2. The van der Waals surface area contributed by atoms with Crippen LogP contribution in [0.5, 0.6) is 0 Å². The van der Waals surface area contributed by atoms with Crippen LogP contribution in [0.1, 0.15) is 104 Å². The molecule has 3 heteroatoms. The van der Waals surface area contributed by atoms with Crippen LogP contribution >= 0.6 is 0 Å². The van der Waals surface area contributed by atoms with E-state index >= 15 is 0 Å². The van der Waals surface area contributed by atoms with Gasteiger partial charge in [-0.25, -0.2) is 0 Å². The molecule has 0 spiro atoms. The first-order valence-electron chi connectivity index (χ1n) is 8.95. The van der Waals surface area contributed by atoms with E-state index in [2.05, 4.69) is 13.8 Å². The first kappa shape index (κ1) is 23.6. The van der Waals surface area contributed by atoms with Crippen LogP contribution in [-0.4, -0.2) is 37.3 Å². The van der Waals surface area contributed by atoms with Crippen LogP contribution in [0.25, 0.3) is 0 Å². The van der Waals surface area contributed by atoms with Gasteiger partial charge in [-0.3, -0.25) is 4.79 Å². The minimum absolute atomic E-state index is 0. The molecule has 0 aliphatic carbocycles. The van der Waals surface area contributed by atoms with Crippen molar-refractivity contribution in [3.63, 3.8) is 0 Å². The molecule has 0 radical (unpaired) electrons. The number of rotatable bonds is 15. The standard InChI is InChI=1S/C18H36O2.Bi.3H/c1-3-5-7-9-11-13-15-17(18(19)20)16-14-12-10-8-6-4-2;;;;/h17H,3-16H2,1-2H3,(H,19,20);;;;. The van der Waals surface area contributed by atoms with E-state index in [1.54, 1.807) is 0 Å². The van der Waals surface area contributed by atoms with Crippen LogP contribution in [-0.2, 0) is 4.79 Å². The number of carboxylic acid groups (broad SMARTS) is 1. The summed E-state index contributed by atoms with van der Waals surface area (Å²) in [6.07, 6.45) is 16.7. The normalized spacial score (nSPS) is 10.6. The Labute approximate surface area is 151 Å². The van der Waals surface area contributed by atoms with Gasteiger partial charge in [0.05, 0.1) is 5.92 Å². The summed E-state index contributed by atoms with van der Waals surface area (Å²) in [5.41, 5.74) is 0. The number of unbranched alkanes of at least 4 members (excludes halogenated alkanes) is 10. The quantitative estimate of drug-likeness (QED) is 0.256. The molecule has 0 aliphatic heterocycles. The second-order valence-electron chi connectivity index (χ2n) is 6.15. The molecule has 0 heterocycles. The Bertz CT molecular complexity index is 203. The fourth-order valence-corrected chi connectivity index (χ4v) is 2.73. The molecule has 0 rings (SSSR count). The number of hydrogen-bond acceptors (Lipinski definition) is 1. The van der Waals surface area contributed by atoms with E-state index in [1.807, 2.05) is 0 Å². The molecule has 0 saturated heterocycles. The summed E-state index contributed by atoms with van der Waals surface area (Å²) < 4.78 is 0. The third-order valence-electron chi connectivity index (χ3n) is 4.16. The first-order valence-corrected chi connectivity index (χ1v) is 8.95. The Balaban J connectivity index is 0.